The Morgan fingerprint density at radius 1 is 0.912 bits per heavy atom. The van der Waals surface area contributed by atoms with E-state index in [9.17, 15) is 26.4 Å². The van der Waals surface area contributed by atoms with Gasteiger partial charge in [0, 0.05) is 31.9 Å². The van der Waals surface area contributed by atoms with Gasteiger partial charge < -0.3 is 15.5 Å². The summed E-state index contributed by atoms with van der Waals surface area (Å²) in [5.74, 6) is -0.458. The van der Waals surface area contributed by atoms with E-state index in [1.807, 2.05) is 4.90 Å². The smallest absolute Gasteiger partial charge is 0.374 e. The van der Waals surface area contributed by atoms with Gasteiger partial charge in [0.05, 0.1) is 28.4 Å². The number of carbonyl (C=O) groups is 1. The van der Waals surface area contributed by atoms with Crippen LogP contribution in [0, 0.1) is 0 Å². The Kier molecular flexibility index (Phi) is 7.04. The zero-order valence-electron chi connectivity index (χ0n) is 18.6. The zero-order valence-corrected chi connectivity index (χ0v) is 19.4. The Labute approximate surface area is 197 Å². The number of carbonyl (C=O) groups excluding carboxylic acids is 1. The predicted molar refractivity (Wildman–Crippen MR) is 124 cm³/mol. The summed E-state index contributed by atoms with van der Waals surface area (Å²) in [4.78, 5) is 14.6. The van der Waals surface area contributed by atoms with Gasteiger partial charge in [0.2, 0.25) is 15.9 Å². The second-order valence-corrected chi connectivity index (χ2v) is 10.4. The lowest BCUT2D eigenvalue weighted by molar-refractivity contribution is -0.137. The van der Waals surface area contributed by atoms with Crippen LogP contribution in [0.4, 0.5) is 30.2 Å². The van der Waals surface area contributed by atoms with Crippen molar-refractivity contribution in [2.75, 3.05) is 48.3 Å². The topological polar surface area (TPSA) is 81.8 Å². The molecule has 0 radical (unpaired) electrons. The van der Waals surface area contributed by atoms with Gasteiger partial charge in [-0.2, -0.15) is 17.5 Å². The molecule has 2 aliphatic rings. The third-order valence-corrected chi connectivity index (χ3v) is 7.96. The van der Waals surface area contributed by atoms with E-state index in [1.54, 1.807) is 0 Å². The number of benzene rings is 2. The molecule has 0 unspecified atom stereocenters. The minimum absolute atomic E-state index is 0.157. The SMILES string of the molecule is O=C(CNc1cc(C(F)(F)F)ccc1N1CCCC1)Nc1ccc(S(=O)(=O)N2CCCC2)cc1. The molecule has 11 heteroatoms. The molecule has 34 heavy (non-hydrogen) atoms. The van der Waals surface area contributed by atoms with Crippen molar-refractivity contribution >= 4 is 33.0 Å². The van der Waals surface area contributed by atoms with Crippen LogP contribution in [0.3, 0.4) is 0 Å². The standard InChI is InChI=1S/C23H27F3N4O3S/c24-23(25,26)17-5-10-21(29-11-1-2-12-29)20(15-17)27-16-22(31)28-18-6-8-19(9-7-18)34(32,33)30-13-3-4-14-30/h5-10,15,27H,1-4,11-14,16H2,(H,28,31). The number of nitrogens with one attached hydrogen (secondary N) is 2. The van der Waals surface area contributed by atoms with Gasteiger partial charge in [-0.15, -0.1) is 0 Å². The van der Waals surface area contributed by atoms with Crippen LogP contribution >= 0.6 is 0 Å². The molecule has 2 aromatic rings. The van der Waals surface area contributed by atoms with Crippen LogP contribution in [0.2, 0.25) is 0 Å². The molecule has 0 spiro atoms. The van der Waals surface area contributed by atoms with E-state index in [2.05, 4.69) is 10.6 Å². The molecule has 184 valence electrons. The summed E-state index contributed by atoms with van der Waals surface area (Å²) in [5, 5.41) is 5.49. The van der Waals surface area contributed by atoms with Crippen LogP contribution in [-0.2, 0) is 21.0 Å². The number of hydrogen-bond donors (Lipinski definition) is 2. The maximum Gasteiger partial charge on any atom is 0.416 e. The van der Waals surface area contributed by atoms with Gasteiger partial charge in [-0.05, 0) is 68.1 Å². The van der Waals surface area contributed by atoms with E-state index in [1.165, 1.54) is 34.6 Å². The van der Waals surface area contributed by atoms with Crippen LogP contribution in [0.1, 0.15) is 31.2 Å². The first kappa shape index (κ1) is 24.3. The molecule has 2 aromatic carbocycles. The van der Waals surface area contributed by atoms with Crippen LogP contribution < -0.4 is 15.5 Å². The Bertz CT molecular complexity index is 1130. The summed E-state index contributed by atoms with van der Waals surface area (Å²) in [5.41, 5.74) is 0.498. The lowest BCUT2D eigenvalue weighted by atomic mass is 10.1. The molecule has 2 N–H and O–H groups in total. The number of halogens is 3. The molecule has 0 aliphatic carbocycles. The van der Waals surface area contributed by atoms with Crippen molar-refractivity contribution in [1.82, 2.24) is 4.31 Å². The highest BCUT2D eigenvalue weighted by molar-refractivity contribution is 7.89. The molecular formula is C23H27F3N4O3S. The number of alkyl halides is 3. The first-order valence-corrected chi connectivity index (χ1v) is 12.7. The monoisotopic (exact) mass is 496 g/mol. The number of amides is 1. The summed E-state index contributed by atoms with van der Waals surface area (Å²) in [6.07, 6.45) is -0.883. The number of rotatable bonds is 7. The van der Waals surface area contributed by atoms with Crippen LogP contribution in [0.5, 0.6) is 0 Å². The largest absolute Gasteiger partial charge is 0.416 e. The van der Waals surface area contributed by atoms with Gasteiger partial charge in [0.25, 0.3) is 0 Å². The van der Waals surface area contributed by atoms with Gasteiger partial charge >= 0.3 is 6.18 Å². The van der Waals surface area contributed by atoms with Crippen molar-refractivity contribution in [3.63, 3.8) is 0 Å². The highest BCUT2D eigenvalue weighted by Gasteiger charge is 2.32. The molecule has 1 amide bonds. The van der Waals surface area contributed by atoms with Crippen LogP contribution in [0.15, 0.2) is 47.4 Å². The number of sulfonamides is 1. The van der Waals surface area contributed by atoms with E-state index in [-0.39, 0.29) is 17.1 Å². The molecule has 0 bridgehead atoms. The Hall–Kier alpha value is -2.79. The van der Waals surface area contributed by atoms with E-state index >= 15 is 0 Å². The third-order valence-electron chi connectivity index (χ3n) is 6.05. The number of nitrogens with zero attached hydrogens (tertiary/aromatic N) is 2. The molecule has 2 fully saturated rings. The summed E-state index contributed by atoms with van der Waals surface area (Å²) >= 11 is 0. The Morgan fingerprint density at radius 3 is 2.15 bits per heavy atom. The first-order valence-electron chi connectivity index (χ1n) is 11.2. The van der Waals surface area contributed by atoms with E-state index < -0.39 is 27.7 Å². The predicted octanol–water partition coefficient (Wildman–Crippen LogP) is 4.14. The fourth-order valence-corrected chi connectivity index (χ4v) is 5.77. The van der Waals surface area contributed by atoms with E-state index in [4.69, 9.17) is 0 Å². The second-order valence-electron chi connectivity index (χ2n) is 8.46. The quantitative estimate of drug-likeness (QED) is 0.602. The minimum atomic E-state index is -4.49. The average Bonchev–Trinajstić information content (AvgIpc) is 3.52. The second kappa shape index (κ2) is 9.83. The minimum Gasteiger partial charge on any atom is -0.374 e. The van der Waals surface area contributed by atoms with Crippen molar-refractivity contribution < 1.29 is 26.4 Å². The average molecular weight is 497 g/mol. The van der Waals surface area contributed by atoms with Crippen LogP contribution in [-0.4, -0.2) is 51.4 Å². The fraction of sp³-hybridized carbons (Fsp3) is 0.435. The van der Waals surface area contributed by atoms with Gasteiger partial charge in [-0.25, -0.2) is 8.42 Å². The highest BCUT2D eigenvalue weighted by atomic mass is 32.2. The van der Waals surface area contributed by atoms with Gasteiger partial charge in [0.1, 0.15) is 0 Å². The fourth-order valence-electron chi connectivity index (χ4n) is 4.26. The van der Waals surface area contributed by atoms with Crippen molar-refractivity contribution in [1.29, 1.82) is 0 Å². The Morgan fingerprint density at radius 2 is 1.53 bits per heavy atom. The molecule has 2 saturated heterocycles. The molecule has 0 aromatic heterocycles. The molecule has 4 rings (SSSR count). The summed E-state index contributed by atoms with van der Waals surface area (Å²) in [7, 11) is -3.55. The normalized spacial score (nSPS) is 17.2. The molecular weight excluding hydrogens is 469 g/mol. The van der Waals surface area contributed by atoms with Crippen molar-refractivity contribution in [2.45, 2.75) is 36.8 Å². The van der Waals surface area contributed by atoms with Crippen molar-refractivity contribution in [2.24, 2.45) is 0 Å². The zero-order chi connectivity index (χ0) is 24.3. The van der Waals surface area contributed by atoms with Crippen molar-refractivity contribution in [3.05, 3.63) is 48.0 Å². The lowest BCUT2D eigenvalue weighted by Gasteiger charge is -2.23. The maximum absolute atomic E-state index is 13.2. The first-order chi connectivity index (χ1) is 16.1. The number of anilines is 3. The lowest BCUT2D eigenvalue weighted by Crippen LogP contribution is -2.28. The van der Waals surface area contributed by atoms with Gasteiger partial charge in [-0.1, -0.05) is 0 Å². The van der Waals surface area contributed by atoms with Gasteiger partial charge in [0.15, 0.2) is 0 Å². The molecule has 2 aliphatic heterocycles. The highest BCUT2D eigenvalue weighted by Crippen LogP contribution is 2.36. The van der Waals surface area contributed by atoms with Crippen LogP contribution in [0.25, 0.3) is 0 Å². The number of hydrogen-bond acceptors (Lipinski definition) is 5. The van der Waals surface area contributed by atoms with Gasteiger partial charge in [-0.3, -0.25) is 4.79 Å². The maximum atomic E-state index is 13.2. The van der Waals surface area contributed by atoms with E-state index in [0.717, 1.165) is 50.9 Å². The molecule has 2 heterocycles. The summed E-state index contributed by atoms with van der Waals surface area (Å²) in [6, 6.07) is 9.40. The van der Waals surface area contributed by atoms with E-state index in [0.29, 0.717) is 24.5 Å². The Balaban J connectivity index is 1.41. The summed E-state index contributed by atoms with van der Waals surface area (Å²) in [6.45, 7) is 2.26. The molecule has 0 saturated carbocycles. The summed E-state index contributed by atoms with van der Waals surface area (Å²) < 4.78 is 66.3. The molecule has 0 atom stereocenters. The third kappa shape index (κ3) is 5.47. The van der Waals surface area contributed by atoms with Crippen molar-refractivity contribution in [3.8, 4) is 0 Å². The molecule has 7 nitrogen and oxygen atoms in total.